The lowest BCUT2D eigenvalue weighted by atomic mass is 9.96. The minimum atomic E-state index is -0.666. The zero-order valence-corrected chi connectivity index (χ0v) is 16.8. The third kappa shape index (κ3) is 4.31. The summed E-state index contributed by atoms with van der Waals surface area (Å²) in [7, 11) is 0. The Kier molecular flexibility index (Phi) is 6.65. The van der Waals surface area contributed by atoms with Crippen molar-refractivity contribution in [3.8, 4) is 5.75 Å². The quantitative estimate of drug-likeness (QED) is 0.414. The van der Waals surface area contributed by atoms with E-state index in [9.17, 15) is 14.7 Å². The van der Waals surface area contributed by atoms with Gasteiger partial charge in [0, 0.05) is 24.5 Å². The average molecular weight is 394 g/mol. The molecule has 2 aromatic rings. The van der Waals surface area contributed by atoms with Crippen molar-refractivity contribution in [3.05, 3.63) is 65.5 Å². The third-order valence-corrected chi connectivity index (χ3v) is 4.89. The molecule has 152 valence electrons. The molecule has 0 spiro atoms. The number of aliphatic hydroxyl groups excluding tert-OH is 1. The van der Waals surface area contributed by atoms with E-state index in [1.54, 1.807) is 53.7 Å². The van der Waals surface area contributed by atoms with Crippen molar-refractivity contribution in [1.82, 2.24) is 9.88 Å². The first kappa shape index (κ1) is 20.6. The second-order valence-electron chi connectivity index (χ2n) is 7.00. The third-order valence-electron chi connectivity index (χ3n) is 4.89. The number of carbonyl (C=O) groups is 2. The van der Waals surface area contributed by atoms with Crippen molar-refractivity contribution in [2.75, 3.05) is 13.2 Å². The molecule has 0 aliphatic carbocycles. The van der Waals surface area contributed by atoms with Gasteiger partial charge in [0.15, 0.2) is 0 Å². The lowest BCUT2D eigenvalue weighted by Gasteiger charge is -2.25. The maximum absolute atomic E-state index is 12.9. The second kappa shape index (κ2) is 9.37. The summed E-state index contributed by atoms with van der Waals surface area (Å²) in [4.78, 5) is 31.2. The van der Waals surface area contributed by atoms with Gasteiger partial charge in [0.25, 0.3) is 11.7 Å². The van der Waals surface area contributed by atoms with Gasteiger partial charge in [-0.1, -0.05) is 32.4 Å². The minimum absolute atomic E-state index is 0.102. The Morgan fingerprint density at radius 1 is 1.14 bits per heavy atom. The summed E-state index contributed by atoms with van der Waals surface area (Å²) in [5, 5.41) is 11.0. The van der Waals surface area contributed by atoms with Crippen LogP contribution in [0.4, 0.5) is 0 Å². The molecule has 1 saturated heterocycles. The number of ketones is 1. The van der Waals surface area contributed by atoms with Crippen molar-refractivity contribution < 1.29 is 19.4 Å². The molecule has 29 heavy (non-hydrogen) atoms. The van der Waals surface area contributed by atoms with Crippen LogP contribution in [-0.4, -0.2) is 39.8 Å². The zero-order valence-electron chi connectivity index (χ0n) is 16.8. The Morgan fingerprint density at radius 3 is 2.59 bits per heavy atom. The van der Waals surface area contributed by atoms with Crippen LogP contribution in [-0.2, 0) is 9.59 Å². The highest BCUT2D eigenvalue weighted by Crippen LogP contribution is 2.39. The number of carbonyl (C=O) groups excluding carboxylic acids is 2. The Balaban J connectivity index is 2.08. The van der Waals surface area contributed by atoms with Crippen molar-refractivity contribution in [2.24, 2.45) is 0 Å². The van der Waals surface area contributed by atoms with E-state index in [1.807, 2.05) is 13.8 Å². The SMILES string of the molecule is CCCCN1C(=O)C(=O)/C(=C(\O)c2cccc(OCCC)c2)C1c1ccncc1. The van der Waals surface area contributed by atoms with E-state index in [2.05, 4.69) is 4.98 Å². The summed E-state index contributed by atoms with van der Waals surface area (Å²) >= 11 is 0. The summed E-state index contributed by atoms with van der Waals surface area (Å²) in [5.41, 5.74) is 1.30. The van der Waals surface area contributed by atoms with Gasteiger partial charge in [-0.25, -0.2) is 0 Å². The molecular weight excluding hydrogens is 368 g/mol. The lowest BCUT2D eigenvalue weighted by Crippen LogP contribution is -2.30. The number of unbranched alkanes of at least 4 members (excludes halogenated alkanes) is 1. The summed E-state index contributed by atoms with van der Waals surface area (Å²) in [6.07, 6.45) is 5.77. The van der Waals surface area contributed by atoms with E-state index in [0.29, 0.717) is 24.5 Å². The van der Waals surface area contributed by atoms with E-state index >= 15 is 0 Å². The van der Waals surface area contributed by atoms with Gasteiger partial charge in [-0.3, -0.25) is 14.6 Å². The molecule has 1 unspecified atom stereocenters. The van der Waals surface area contributed by atoms with E-state index < -0.39 is 17.7 Å². The number of hydrogen-bond donors (Lipinski definition) is 1. The highest BCUT2D eigenvalue weighted by Gasteiger charge is 2.45. The van der Waals surface area contributed by atoms with E-state index in [1.165, 1.54) is 0 Å². The fraction of sp³-hybridized carbons (Fsp3) is 0.348. The summed E-state index contributed by atoms with van der Waals surface area (Å²) < 4.78 is 5.64. The number of pyridine rings is 1. The maximum atomic E-state index is 12.9. The number of hydrogen-bond acceptors (Lipinski definition) is 5. The van der Waals surface area contributed by atoms with E-state index in [-0.39, 0.29) is 11.3 Å². The Labute approximate surface area is 170 Å². The van der Waals surface area contributed by atoms with Crippen LogP contribution < -0.4 is 4.74 Å². The van der Waals surface area contributed by atoms with Gasteiger partial charge in [0.1, 0.15) is 11.5 Å². The summed E-state index contributed by atoms with van der Waals surface area (Å²) in [6.45, 7) is 5.04. The van der Waals surface area contributed by atoms with Crippen LogP contribution >= 0.6 is 0 Å². The molecule has 6 nitrogen and oxygen atoms in total. The molecule has 1 aliphatic heterocycles. The van der Waals surface area contributed by atoms with Crippen LogP contribution in [0.25, 0.3) is 5.76 Å². The maximum Gasteiger partial charge on any atom is 0.295 e. The summed E-state index contributed by atoms with van der Waals surface area (Å²) in [5.74, 6) is -0.830. The molecule has 1 aromatic carbocycles. The Hall–Kier alpha value is -3.15. The normalized spacial score (nSPS) is 18.3. The Bertz CT molecular complexity index is 908. The van der Waals surface area contributed by atoms with Crippen LogP contribution in [0.1, 0.15) is 50.3 Å². The van der Waals surface area contributed by atoms with Gasteiger partial charge in [-0.15, -0.1) is 0 Å². The number of amides is 1. The van der Waals surface area contributed by atoms with Crippen LogP contribution in [0.5, 0.6) is 5.75 Å². The first-order valence-electron chi connectivity index (χ1n) is 10.00. The number of Topliss-reactive ketones (excluding diaryl/α,β-unsaturated/α-hetero) is 1. The van der Waals surface area contributed by atoms with Crippen molar-refractivity contribution in [3.63, 3.8) is 0 Å². The molecule has 0 bridgehead atoms. The standard InChI is InChI=1S/C23H26N2O4/c1-3-5-13-25-20(16-9-11-24-12-10-16)19(22(27)23(25)28)21(26)17-7-6-8-18(15-17)29-14-4-2/h6-12,15,20,26H,3-5,13-14H2,1-2H3/b21-19-. The number of nitrogens with zero attached hydrogens (tertiary/aromatic N) is 2. The number of aromatic nitrogens is 1. The lowest BCUT2D eigenvalue weighted by molar-refractivity contribution is -0.139. The Morgan fingerprint density at radius 2 is 1.90 bits per heavy atom. The predicted octanol–water partition coefficient (Wildman–Crippen LogP) is 4.09. The van der Waals surface area contributed by atoms with Crippen LogP contribution in [0.3, 0.4) is 0 Å². The predicted molar refractivity (Wildman–Crippen MR) is 110 cm³/mol. The minimum Gasteiger partial charge on any atom is -0.507 e. The van der Waals surface area contributed by atoms with Crippen molar-refractivity contribution in [2.45, 2.75) is 39.2 Å². The van der Waals surface area contributed by atoms with Crippen LogP contribution in [0, 0.1) is 0 Å². The first-order valence-corrected chi connectivity index (χ1v) is 10.00. The van der Waals surface area contributed by atoms with Crippen LogP contribution in [0.2, 0.25) is 0 Å². The fourth-order valence-corrected chi connectivity index (χ4v) is 3.44. The smallest absolute Gasteiger partial charge is 0.295 e. The van der Waals surface area contributed by atoms with Crippen LogP contribution in [0.15, 0.2) is 54.4 Å². The highest BCUT2D eigenvalue weighted by molar-refractivity contribution is 6.46. The van der Waals surface area contributed by atoms with Gasteiger partial charge in [-0.2, -0.15) is 0 Å². The molecule has 1 aliphatic rings. The molecule has 2 heterocycles. The monoisotopic (exact) mass is 394 g/mol. The summed E-state index contributed by atoms with van der Waals surface area (Å²) in [6, 6.07) is 9.85. The number of rotatable bonds is 8. The van der Waals surface area contributed by atoms with Crippen molar-refractivity contribution >= 4 is 17.4 Å². The zero-order chi connectivity index (χ0) is 20.8. The fourth-order valence-electron chi connectivity index (χ4n) is 3.44. The number of benzene rings is 1. The van der Waals surface area contributed by atoms with E-state index in [0.717, 1.165) is 24.8 Å². The second-order valence-corrected chi connectivity index (χ2v) is 7.00. The molecule has 1 N–H and O–H groups in total. The van der Waals surface area contributed by atoms with Gasteiger partial charge in [0.2, 0.25) is 0 Å². The van der Waals surface area contributed by atoms with E-state index in [4.69, 9.17) is 4.74 Å². The molecule has 3 rings (SSSR count). The highest BCUT2D eigenvalue weighted by atomic mass is 16.5. The van der Waals surface area contributed by atoms with Gasteiger partial charge in [0.05, 0.1) is 18.2 Å². The topological polar surface area (TPSA) is 79.7 Å². The van der Waals surface area contributed by atoms with Crippen molar-refractivity contribution in [1.29, 1.82) is 0 Å². The molecule has 1 amide bonds. The molecule has 1 aromatic heterocycles. The molecular formula is C23H26N2O4. The molecule has 6 heteroatoms. The number of aliphatic hydroxyl groups is 1. The first-order chi connectivity index (χ1) is 14.1. The molecule has 0 saturated carbocycles. The van der Waals surface area contributed by atoms with Gasteiger partial charge >= 0.3 is 0 Å². The molecule has 0 radical (unpaired) electrons. The molecule has 1 fully saturated rings. The van der Waals surface area contributed by atoms with Gasteiger partial charge < -0.3 is 14.7 Å². The van der Waals surface area contributed by atoms with Gasteiger partial charge in [-0.05, 0) is 42.7 Å². The largest absolute Gasteiger partial charge is 0.507 e. The number of ether oxygens (including phenoxy) is 1. The number of likely N-dealkylation sites (tertiary alicyclic amines) is 1. The average Bonchev–Trinajstić information content (AvgIpc) is 3.01. The molecule has 1 atom stereocenters.